The molecule has 1 aliphatic heterocycles. The monoisotopic (exact) mass is 284 g/mol. The van der Waals surface area contributed by atoms with Crippen molar-refractivity contribution in [2.45, 2.75) is 12.6 Å². The average molecular weight is 284 g/mol. The number of benzene rings is 1. The van der Waals surface area contributed by atoms with E-state index in [9.17, 15) is 13.2 Å². The van der Waals surface area contributed by atoms with E-state index in [1.807, 2.05) is 6.08 Å². The van der Waals surface area contributed by atoms with Crippen LogP contribution in [-0.4, -0.2) is 37.6 Å². The van der Waals surface area contributed by atoms with Crippen LogP contribution in [0.1, 0.15) is 11.1 Å². The van der Waals surface area contributed by atoms with Gasteiger partial charge in [0, 0.05) is 32.7 Å². The lowest BCUT2D eigenvalue weighted by molar-refractivity contribution is -0.137. The van der Waals surface area contributed by atoms with Crippen molar-refractivity contribution in [3.63, 3.8) is 0 Å². The van der Waals surface area contributed by atoms with Crippen molar-refractivity contribution in [1.82, 2.24) is 10.2 Å². The minimum absolute atomic E-state index is 0.592. The van der Waals surface area contributed by atoms with Crippen molar-refractivity contribution in [3.05, 3.63) is 47.5 Å². The summed E-state index contributed by atoms with van der Waals surface area (Å²) in [5, 5.41) is 3.29. The third-order valence-electron chi connectivity index (χ3n) is 3.37. The third-order valence-corrected chi connectivity index (χ3v) is 3.37. The molecule has 0 unspecified atom stereocenters. The van der Waals surface area contributed by atoms with Crippen LogP contribution < -0.4 is 5.32 Å². The molecule has 0 bridgehead atoms. The van der Waals surface area contributed by atoms with Crippen molar-refractivity contribution < 1.29 is 13.2 Å². The summed E-state index contributed by atoms with van der Waals surface area (Å²) < 4.78 is 37.2. The van der Waals surface area contributed by atoms with Crippen molar-refractivity contribution in [2.75, 3.05) is 32.7 Å². The molecule has 1 N–H and O–H groups in total. The fourth-order valence-corrected chi connectivity index (χ4v) is 2.17. The van der Waals surface area contributed by atoms with Gasteiger partial charge in [0.1, 0.15) is 0 Å². The van der Waals surface area contributed by atoms with Crippen LogP contribution >= 0.6 is 0 Å². The second-order valence-electron chi connectivity index (χ2n) is 4.92. The first-order valence-electron chi connectivity index (χ1n) is 6.80. The molecule has 0 aromatic heterocycles. The number of hydrogen-bond acceptors (Lipinski definition) is 2. The van der Waals surface area contributed by atoms with E-state index in [0.717, 1.165) is 50.4 Å². The molecular weight excluding hydrogens is 265 g/mol. The Morgan fingerprint density at radius 1 is 1.05 bits per heavy atom. The Labute approximate surface area is 117 Å². The zero-order valence-electron chi connectivity index (χ0n) is 11.3. The number of nitrogens with zero attached hydrogens (tertiary/aromatic N) is 1. The van der Waals surface area contributed by atoms with Crippen LogP contribution in [0, 0.1) is 0 Å². The van der Waals surface area contributed by atoms with Crippen LogP contribution in [0.25, 0.3) is 0 Å². The highest BCUT2D eigenvalue weighted by molar-refractivity contribution is 5.25. The topological polar surface area (TPSA) is 15.3 Å². The Balaban J connectivity index is 1.78. The van der Waals surface area contributed by atoms with Crippen molar-refractivity contribution in [3.8, 4) is 0 Å². The highest BCUT2D eigenvalue weighted by atomic mass is 19.4. The Morgan fingerprint density at radius 3 is 2.30 bits per heavy atom. The van der Waals surface area contributed by atoms with Gasteiger partial charge in [-0.05, 0) is 24.1 Å². The van der Waals surface area contributed by atoms with Crippen LogP contribution in [0.5, 0.6) is 0 Å². The first-order valence-corrected chi connectivity index (χ1v) is 6.80. The van der Waals surface area contributed by atoms with Crippen LogP contribution in [0.4, 0.5) is 13.2 Å². The van der Waals surface area contributed by atoms with E-state index in [-0.39, 0.29) is 0 Å². The maximum absolute atomic E-state index is 12.4. The molecule has 0 radical (unpaired) electrons. The van der Waals surface area contributed by atoms with Crippen LogP contribution in [0.3, 0.4) is 0 Å². The first-order chi connectivity index (χ1) is 9.55. The molecule has 0 saturated carbocycles. The number of allylic oxidation sites excluding steroid dienone is 1. The Morgan fingerprint density at radius 2 is 1.70 bits per heavy atom. The summed E-state index contributed by atoms with van der Waals surface area (Å²) in [5.74, 6) is 0. The fraction of sp³-hybridized carbons (Fsp3) is 0.467. The lowest BCUT2D eigenvalue weighted by Crippen LogP contribution is -2.43. The van der Waals surface area contributed by atoms with Gasteiger partial charge in [0.15, 0.2) is 0 Å². The fourth-order valence-electron chi connectivity index (χ4n) is 2.17. The number of piperazine rings is 1. The summed E-state index contributed by atoms with van der Waals surface area (Å²) in [7, 11) is 0. The predicted octanol–water partition coefficient (Wildman–Crippen LogP) is 2.71. The smallest absolute Gasteiger partial charge is 0.314 e. The molecule has 1 heterocycles. The largest absolute Gasteiger partial charge is 0.416 e. The van der Waals surface area contributed by atoms with E-state index in [4.69, 9.17) is 0 Å². The van der Waals surface area contributed by atoms with Gasteiger partial charge in [-0.25, -0.2) is 0 Å². The summed E-state index contributed by atoms with van der Waals surface area (Å²) >= 11 is 0. The lowest BCUT2D eigenvalue weighted by atomic mass is 10.1. The summed E-state index contributed by atoms with van der Waals surface area (Å²) in [6, 6.07) is 5.36. The number of nitrogens with one attached hydrogen (secondary N) is 1. The van der Waals surface area contributed by atoms with Gasteiger partial charge >= 0.3 is 6.18 Å². The Kier molecular flexibility index (Phi) is 5.20. The van der Waals surface area contributed by atoms with Gasteiger partial charge in [0.25, 0.3) is 0 Å². The first kappa shape index (κ1) is 15.1. The average Bonchev–Trinajstić information content (AvgIpc) is 2.44. The molecule has 20 heavy (non-hydrogen) atoms. The number of hydrogen-bond donors (Lipinski definition) is 1. The molecule has 1 saturated heterocycles. The molecule has 0 atom stereocenters. The summed E-state index contributed by atoms with van der Waals surface area (Å²) in [5.41, 5.74) is 0.306. The van der Waals surface area contributed by atoms with Gasteiger partial charge in [-0.3, -0.25) is 4.90 Å². The number of rotatable bonds is 4. The van der Waals surface area contributed by atoms with Crippen LogP contribution in [0.2, 0.25) is 0 Å². The maximum Gasteiger partial charge on any atom is 0.416 e. The summed E-state index contributed by atoms with van der Waals surface area (Å²) in [4.78, 5) is 2.35. The highest BCUT2D eigenvalue weighted by Crippen LogP contribution is 2.29. The van der Waals surface area contributed by atoms with Gasteiger partial charge in [-0.2, -0.15) is 13.2 Å². The van der Waals surface area contributed by atoms with Gasteiger partial charge in [0.05, 0.1) is 5.56 Å². The Hall–Kier alpha value is -1.33. The molecule has 1 aromatic rings. The van der Waals surface area contributed by atoms with E-state index >= 15 is 0 Å². The molecule has 1 aliphatic rings. The predicted molar refractivity (Wildman–Crippen MR) is 73.6 cm³/mol. The second-order valence-corrected chi connectivity index (χ2v) is 4.92. The van der Waals surface area contributed by atoms with Crippen molar-refractivity contribution in [2.24, 2.45) is 0 Å². The van der Waals surface area contributed by atoms with E-state index in [0.29, 0.717) is 6.42 Å². The summed E-state index contributed by atoms with van der Waals surface area (Å²) in [6.45, 7) is 5.04. The van der Waals surface area contributed by atoms with E-state index in [2.05, 4.69) is 16.3 Å². The van der Waals surface area contributed by atoms with Crippen LogP contribution in [-0.2, 0) is 12.6 Å². The van der Waals surface area contributed by atoms with E-state index < -0.39 is 11.7 Å². The van der Waals surface area contributed by atoms with Crippen molar-refractivity contribution in [1.29, 1.82) is 0 Å². The molecule has 110 valence electrons. The van der Waals surface area contributed by atoms with Gasteiger partial charge in [-0.1, -0.05) is 24.3 Å². The summed E-state index contributed by atoms with van der Waals surface area (Å²) in [6.07, 6.45) is 0.522. The van der Waals surface area contributed by atoms with Gasteiger partial charge in [0.2, 0.25) is 0 Å². The molecule has 0 spiro atoms. The number of halogens is 3. The number of alkyl halides is 3. The van der Waals surface area contributed by atoms with Crippen LogP contribution in [0.15, 0.2) is 36.4 Å². The second kappa shape index (κ2) is 6.90. The van der Waals surface area contributed by atoms with Gasteiger partial charge < -0.3 is 5.32 Å². The SMILES string of the molecule is FC(F)(F)c1ccc(C/C=C\CN2CCNCC2)cc1. The zero-order valence-corrected chi connectivity index (χ0v) is 11.3. The van der Waals surface area contributed by atoms with E-state index in [1.165, 1.54) is 12.1 Å². The maximum atomic E-state index is 12.4. The minimum Gasteiger partial charge on any atom is -0.314 e. The molecule has 1 aromatic carbocycles. The third kappa shape index (κ3) is 4.65. The normalized spacial score (nSPS) is 17.8. The highest BCUT2D eigenvalue weighted by Gasteiger charge is 2.29. The van der Waals surface area contributed by atoms with Crippen molar-refractivity contribution >= 4 is 0 Å². The minimum atomic E-state index is -4.25. The molecule has 0 aliphatic carbocycles. The standard InChI is InChI=1S/C15H19F3N2/c16-15(17,18)14-6-4-13(5-7-14)3-1-2-10-20-11-8-19-9-12-20/h1-2,4-7,19H,3,8-12H2/b2-1-. The van der Waals surface area contributed by atoms with Gasteiger partial charge in [-0.15, -0.1) is 0 Å². The zero-order chi connectivity index (χ0) is 14.4. The Bertz CT molecular complexity index is 431. The molecule has 1 fully saturated rings. The molecule has 5 heteroatoms. The quantitative estimate of drug-likeness (QED) is 0.855. The molecule has 2 nitrogen and oxygen atoms in total. The molecule has 2 rings (SSSR count). The molecular formula is C15H19F3N2. The lowest BCUT2D eigenvalue weighted by Gasteiger charge is -2.25. The van der Waals surface area contributed by atoms with E-state index in [1.54, 1.807) is 0 Å². The molecule has 0 amide bonds.